The Labute approximate surface area is 100 Å². The van der Waals surface area contributed by atoms with E-state index in [1.807, 2.05) is 0 Å². The van der Waals surface area contributed by atoms with Gasteiger partial charge < -0.3 is 10.1 Å². The molecule has 1 N–H and O–H groups in total. The molecule has 1 saturated carbocycles. The maximum absolute atomic E-state index is 6.24. The molecule has 2 aliphatic rings. The summed E-state index contributed by atoms with van der Waals surface area (Å²) in [7, 11) is 0. The smallest absolute Gasteiger partial charge is 0.0729 e. The third-order valence-corrected chi connectivity index (χ3v) is 4.43. The topological polar surface area (TPSA) is 21.3 Å². The highest BCUT2D eigenvalue weighted by molar-refractivity contribution is 4.80. The molecule has 2 rings (SSSR count). The molecule has 0 amide bonds. The van der Waals surface area contributed by atoms with Gasteiger partial charge in [-0.2, -0.15) is 0 Å². The molecule has 0 bridgehead atoms. The minimum atomic E-state index is 0.449. The largest absolute Gasteiger partial charge is 0.372 e. The van der Waals surface area contributed by atoms with Crippen molar-refractivity contribution in [3.63, 3.8) is 0 Å². The van der Waals surface area contributed by atoms with Crippen LogP contribution in [0.1, 0.15) is 52.4 Å². The first-order chi connectivity index (χ1) is 7.79. The summed E-state index contributed by atoms with van der Waals surface area (Å²) in [5, 5.41) is 3.55. The summed E-state index contributed by atoms with van der Waals surface area (Å²) in [4.78, 5) is 0. The Balaban J connectivity index is 1.77. The second kappa shape index (κ2) is 6.02. The third kappa shape index (κ3) is 3.21. The molecule has 0 spiro atoms. The van der Waals surface area contributed by atoms with Gasteiger partial charge in [0.2, 0.25) is 0 Å². The quantitative estimate of drug-likeness (QED) is 0.794. The molecule has 2 fully saturated rings. The monoisotopic (exact) mass is 225 g/mol. The Bertz CT molecular complexity index is 201. The lowest BCUT2D eigenvalue weighted by Gasteiger charge is -2.35. The van der Waals surface area contributed by atoms with Crippen molar-refractivity contribution in [2.75, 3.05) is 13.1 Å². The summed E-state index contributed by atoms with van der Waals surface area (Å²) in [5.74, 6) is 1.64. The predicted octanol–water partition coefficient (Wildman–Crippen LogP) is 2.97. The van der Waals surface area contributed by atoms with Crippen molar-refractivity contribution in [3.8, 4) is 0 Å². The van der Waals surface area contributed by atoms with E-state index in [0.29, 0.717) is 18.1 Å². The molecule has 1 saturated heterocycles. The van der Waals surface area contributed by atoms with Crippen molar-refractivity contribution in [1.82, 2.24) is 5.32 Å². The minimum absolute atomic E-state index is 0.449. The highest BCUT2D eigenvalue weighted by atomic mass is 16.5. The maximum atomic E-state index is 6.24. The fourth-order valence-electron chi connectivity index (χ4n) is 3.08. The van der Waals surface area contributed by atoms with Crippen molar-refractivity contribution in [3.05, 3.63) is 0 Å². The number of rotatable bonds is 4. The standard InChI is InChI=1S/C14H27NO/c1-3-11(2)14-10-15-9-13(16-14)8-12-6-4-5-7-12/h11-15H,3-10H2,1-2H3. The first-order valence-corrected chi connectivity index (χ1v) is 7.15. The van der Waals surface area contributed by atoms with E-state index < -0.39 is 0 Å². The molecule has 0 aromatic rings. The summed E-state index contributed by atoms with van der Waals surface area (Å²) in [6.45, 7) is 6.69. The molecule has 2 nitrogen and oxygen atoms in total. The first-order valence-electron chi connectivity index (χ1n) is 7.15. The Kier molecular flexibility index (Phi) is 4.66. The van der Waals surface area contributed by atoms with Crippen molar-refractivity contribution in [1.29, 1.82) is 0 Å². The van der Waals surface area contributed by atoms with Crippen LogP contribution in [0.5, 0.6) is 0 Å². The van der Waals surface area contributed by atoms with E-state index in [1.54, 1.807) is 0 Å². The molecule has 0 aromatic carbocycles. The van der Waals surface area contributed by atoms with Gasteiger partial charge in [-0.15, -0.1) is 0 Å². The number of hydrogen-bond donors (Lipinski definition) is 1. The fraction of sp³-hybridized carbons (Fsp3) is 1.00. The average Bonchev–Trinajstić information content (AvgIpc) is 2.81. The van der Waals surface area contributed by atoms with E-state index in [4.69, 9.17) is 4.74 Å². The molecule has 1 aliphatic carbocycles. The molecule has 1 heterocycles. The summed E-state index contributed by atoms with van der Waals surface area (Å²) in [6, 6.07) is 0. The lowest BCUT2D eigenvalue weighted by molar-refractivity contribution is -0.0708. The van der Waals surface area contributed by atoms with Crippen LogP contribution in [0, 0.1) is 11.8 Å². The molecule has 94 valence electrons. The molecular weight excluding hydrogens is 198 g/mol. The van der Waals surface area contributed by atoms with Crippen LogP contribution in [-0.4, -0.2) is 25.3 Å². The van der Waals surface area contributed by atoms with Crippen LogP contribution in [0.2, 0.25) is 0 Å². The Morgan fingerprint density at radius 3 is 2.69 bits per heavy atom. The lowest BCUT2D eigenvalue weighted by Crippen LogP contribution is -2.47. The van der Waals surface area contributed by atoms with E-state index in [-0.39, 0.29) is 0 Å². The molecule has 16 heavy (non-hydrogen) atoms. The minimum Gasteiger partial charge on any atom is -0.372 e. The predicted molar refractivity (Wildman–Crippen MR) is 67.6 cm³/mol. The summed E-state index contributed by atoms with van der Waals surface area (Å²) in [5.41, 5.74) is 0. The zero-order valence-corrected chi connectivity index (χ0v) is 10.9. The van der Waals surface area contributed by atoms with Gasteiger partial charge in [-0.1, -0.05) is 46.0 Å². The van der Waals surface area contributed by atoms with E-state index >= 15 is 0 Å². The molecule has 1 aliphatic heterocycles. The van der Waals surface area contributed by atoms with Crippen LogP contribution in [0.25, 0.3) is 0 Å². The Morgan fingerprint density at radius 2 is 2.00 bits per heavy atom. The van der Waals surface area contributed by atoms with Crippen LogP contribution in [0.4, 0.5) is 0 Å². The summed E-state index contributed by atoms with van der Waals surface area (Å²) < 4.78 is 6.24. The van der Waals surface area contributed by atoms with Gasteiger partial charge >= 0.3 is 0 Å². The third-order valence-electron chi connectivity index (χ3n) is 4.43. The van der Waals surface area contributed by atoms with Crippen LogP contribution < -0.4 is 5.32 Å². The molecule has 0 radical (unpaired) electrons. The number of ether oxygens (including phenoxy) is 1. The van der Waals surface area contributed by atoms with Crippen molar-refractivity contribution in [2.45, 2.75) is 64.6 Å². The van der Waals surface area contributed by atoms with Crippen LogP contribution >= 0.6 is 0 Å². The molecule has 0 aromatic heterocycles. The second-order valence-electron chi connectivity index (χ2n) is 5.73. The van der Waals surface area contributed by atoms with Gasteiger partial charge in [0.25, 0.3) is 0 Å². The van der Waals surface area contributed by atoms with Gasteiger partial charge in [0.1, 0.15) is 0 Å². The molecule has 3 unspecified atom stereocenters. The maximum Gasteiger partial charge on any atom is 0.0729 e. The lowest BCUT2D eigenvalue weighted by atomic mass is 9.96. The summed E-state index contributed by atoms with van der Waals surface area (Å²) >= 11 is 0. The first kappa shape index (κ1) is 12.4. The van der Waals surface area contributed by atoms with Crippen molar-refractivity contribution < 1.29 is 4.74 Å². The SMILES string of the molecule is CCC(C)C1CNCC(CC2CCCC2)O1. The Hall–Kier alpha value is -0.0800. The van der Waals surface area contributed by atoms with Gasteiger partial charge in [-0.05, 0) is 18.3 Å². The van der Waals surface area contributed by atoms with E-state index in [2.05, 4.69) is 19.2 Å². The van der Waals surface area contributed by atoms with Crippen LogP contribution in [0.3, 0.4) is 0 Å². The van der Waals surface area contributed by atoms with Gasteiger partial charge in [0.15, 0.2) is 0 Å². The van der Waals surface area contributed by atoms with E-state index in [0.717, 1.165) is 19.0 Å². The zero-order chi connectivity index (χ0) is 11.4. The van der Waals surface area contributed by atoms with E-state index in [1.165, 1.54) is 38.5 Å². The summed E-state index contributed by atoms with van der Waals surface area (Å²) in [6.07, 6.45) is 9.21. The normalized spacial score (nSPS) is 34.1. The van der Waals surface area contributed by atoms with Crippen LogP contribution in [-0.2, 0) is 4.74 Å². The van der Waals surface area contributed by atoms with Gasteiger partial charge in [-0.25, -0.2) is 0 Å². The number of morpholine rings is 1. The number of hydrogen-bond acceptors (Lipinski definition) is 2. The molecule has 2 heteroatoms. The van der Waals surface area contributed by atoms with Gasteiger partial charge in [0.05, 0.1) is 12.2 Å². The highest BCUT2D eigenvalue weighted by Gasteiger charge is 2.28. The fourth-order valence-corrected chi connectivity index (χ4v) is 3.08. The van der Waals surface area contributed by atoms with Crippen molar-refractivity contribution >= 4 is 0 Å². The molecule has 3 atom stereocenters. The Morgan fingerprint density at radius 1 is 1.25 bits per heavy atom. The van der Waals surface area contributed by atoms with Gasteiger partial charge in [-0.3, -0.25) is 0 Å². The van der Waals surface area contributed by atoms with Gasteiger partial charge in [0, 0.05) is 13.1 Å². The zero-order valence-electron chi connectivity index (χ0n) is 10.9. The van der Waals surface area contributed by atoms with Crippen molar-refractivity contribution in [2.24, 2.45) is 11.8 Å². The molecular formula is C14H27NO. The van der Waals surface area contributed by atoms with E-state index in [9.17, 15) is 0 Å². The second-order valence-corrected chi connectivity index (χ2v) is 5.73. The van der Waals surface area contributed by atoms with Crippen LogP contribution in [0.15, 0.2) is 0 Å². The average molecular weight is 225 g/mol. The highest BCUT2D eigenvalue weighted by Crippen LogP contribution is 2.30. The number of nitrogens with one attached hydrogen (secondary N) is 1.